The van der Waals surface area contributed by atoms with E-state index in [0.29, 0.717) is 35.8 Å². The molecular formula is C20H22FNO4. The van der Waals surface area contributed by atoms with Crippen molar-refractivity contribution in [1.82, 2.24) is 5.32 Å². The number of methoxy groups -OCH3 is 3. The summed E-state index contributed by atoms with van der Waals surface area (Å²) in [4.78, 5) is 12.0. The molecule has 6 heteroatoms. The van der Waals surface area contributed by atoms with E-state index in [0.717, 1.165) is 5.56 Å². The molecule has 1 amide bonds. The van der Waals surface area contributed by atoms with E-state index in [1.54, 1.807) is 31.4 Å². The number of rotatable bonds is 8. The summed E-state index contributed by atoms with van der Waals surface area (Å²) < 4.78 is 28.9. The predicted molar refractivity (Wildman–Crippen MR) is 98.2 cm³/mol. The molecule has 0 saturated heterocycles. The molecule has 0 aliphatic rings. The number of nitrogens with one attached hydrogen (secondary N) is 1. The fourth-order valence-electron chi connectivity index (χ4n) is 2.43. The topological polar surface area (TPSA) is 56.8 Å². The molecule has 2 rings (SSSR count). The molecule has 0 heterocycles. The molecule has 0 radical (unpaired) electrons. The summed E-state index contributed by atoms with van der Waals surface area (Å²) in [5.74, 6) is 1.11. The van der Waals surface area contributed by atoms with Crippen molar-refractivity contribution in [3.05, 3.63) is 59.4 Å². The van der Waals surface area contributed by atoms with Crippen LogP contribution in [0, 0.1) is 5.82 Å². The molecule has 0 unspecified atom stereocenters. The zero-order valence-electron chi connectivity index (χ0n) is 15.0. The van der Waals surface area contributed by atoms with Crippen LogP contribution in [0.1, 0.15) is 11.1 Å². The highest BCUT2D eigenvalue weighted by Crippen LogP contribution is 2.35. The highest BCUT2D eigenvalue weighted by atomic mass is 19.1. The second kappa shape index (κ2) is 9.46. The van der Waals surface area contributed by atoms with Crippen molar-refractivity contribution in [3.8, 4) is 17.2 Å². The number of hydrogen-bond acceptors (Lipinski definition) is 4. The van der Waals surface area contributed by atoms with Gasteiger partial charge in [0.25, 0.3) is 0 Å². The molecule has 0 spiro atoms. The molecule has 0 saturated carbocycles. The molecule has 5 nitrogen and oxygen atoms in total. The van der Waals surface area contributed by atoms with Crippen LogP contribution < -0.4 is 19.5 Å². The molecule has 0 aliphatic carbocycles. The van der Waals surface area contributed by atoms with Gasteiger partial charge in [-0.2, -0.15) is 0 Å². The van der Waals surface area contributed by atoms with Gasteiger partial charge in [-0.3, -0.25) is 4.79 Å². The zero-order valence-corrected chi connectivity index (χ0v) is 15.0. The molecule has 138 valence electrons. The molecule has 26 heavy (non-hydrogen) atoms. The van der Waals surface area contributed by atoms with Gasteiger partial charge >= 0.3 is 0 Å². The lowest BCUT2D eigenvalue weighted by Crippen LogP contribution is -2.23. The number of amides is 1. The standard InChI is InChI=1S/C20H22FNO4/c1-24-17-13-19(26-3)18(25-2)12-15(17)7-8-20(23)22-10-9-14-5-4-6-16(21)11-14/h4-8,11-13H,9-10H2,1-3H3,(H,22,23)/b8-7+. The van der Waals surface area contributed by atoms with E-state index in [4.69, 9.17) is 14.2 Å². The van der Waals surface area contributed by atoms with Crippen LogP contribution in [0.4, 0.5) is 4.39 Å². The zero-order chi connectivity index (χ0) is 18.9. The Morgan fingerprint density at radius 2 is 1.73 bits per heavy atom. The number of ether oxygens (including phenoxy) is 3. The van der Waals surface area contributed by atoms with Crippen molar-refractivity contribution in [2.24, 2.45) is 0 Å². The monoisotopic (exact) mass is 359 g/mol. The lowest BCUT2D eigenvalue weighted by atomic mass is 10.1. The first-order chi connectivity index (χ1) is 12.6. The predicted octanol–water partition coefficient (Wildman–Crippen LogP) is 3.22. The lowest BCUT2D eigenvalue weighted by molar-refractivity contribution is -0.116. The lowest BCUT2D eigenvalue weighted by Gasteiger charge is -2.12. The molecule has 0 fully saturated rings. The number of carbonyl (C=O) groups is 1. The molecular weight excluding hydrogens is 337 g/mol. The summed E-state index contributed by atoms with van der Waals surface area (Å²) in [6.07, 6.45) is 3.60. The molecule has 0 bridgehead atoms. The van der Waals surface area contributed by atoms with Crippen molar-refractivity contribution in [3.63, 3.8) is 0 Å². The number of benzene rings is 2. The van der Waals surface area contributed by atoms with E-state index in [9.17, 15) is 9.18 Å². The Balaban J connectivity index is 1.98. The maximum atomic E-state index is 13.1. The molecule has 2 aromatic rings. The summed E-state index contributed by atoms with van der Waals surface area (Å²) >= 11 is 0. The second-order valence-corrected chi connectivity index (χ2v) is 5.45. The first-order valence-electron chi connectivity index (χ1n) is 8.07. The first kappa shape index (κ1) is 19.3. The van der Waals surface area contributed by atoms with Crippen LogP contribution in [0.2, 0.25) is 0 Å². The van der Waals surface area contributed by atoms with Crippen LogP contribution in [0.15, 0.2) is 42.5 Å². The Bertz CT molecular complexity index is 789. The van der Waals surface area contributed by atoms with Gasteiger partial charge in [0.05, 0.1) is 21.3 Å². The van der Waals surface area contributed by atoms with Gasteiger partial charge in [0.2, 0.25) is 5.91 Å². The van der Waals surface area contributed by atoms with Crippen LogP contribution in [-0.4, -0.2) is 33.8 Å². The fourth-order valence-corrected chi connectivity index (χ4v) is 2.43. The average Bonchev–Trinajstić information content (AvgIpc) is 2.65. The van der Waals surface area contributed by atoms with Gasteiger partial charge < -0.3 is 19.5 Å². The van der Waals surface area contributed by atoms with E-state index < -0.39 is 0 Å². The molecule has 0 aliphatic heterocycles. The van der Waals surface area contributed by atoms with E-state index in [1.165, 1.54) is 32.4 Å². The quantitative estimate of drug-likeness (QED) is 0.736. The Hall–Kier alpha value is -3.02. The van der Waals surface area contributed by atoms with Crippen LogP contribution in [0.25, 0.3) is 6.08 Å². The Labute approximate surface area is 152 Å². The van der Waals surface area contributed by atoms with E-state index in [1.807, 2.05) is 6.07 Å². The van der Waals surface area contributed by atoms with Gasteiger partial charge in [-0.25, -0.2) is 4.39 Å². The summed E-state index contributed by atoms with van der Waals surface area (Å²) in [6.45, 7) is 0.412. The van der Waals surface area contributed by atoms with Crippen LogP contribution in [-0.2, 0) is 11.2 Å². The summed E-state index contributed by atoms with van der Waals surface area (Å²) in [5, 5.41) is 2.76. The Morgan fingerprint density at radius 3 is 2.38 bits per heavy atom. The Morgan fingerprint density at radius 1 is 1.04 bits per heavy atom. The second-order valence-electron chi connectivity index (χ2n) is 5.45. The molecule has 1 N–H and O–H groups in total. The third kappa shape index (κ3) is 5.24. The molecule has 2 aromatic carbocycles. The molecule has 0 atom stereocenters. The maximum Gasteiger partial charge on any atom is 0.244 e. The van der Waals surface area contributed by atoms with E-state index in [-0.39, 0.29) is 11.7 Å². The highest BCUT2D eigenvalue weighted by molar-refractivity contribution is 5.92. The van der Waals surface area contributed by atoms with Gasteiger partial charge in [-0.05, 0) is 36.3 Å². The number of halogens is 1. The SMILES string of the molecule is COc1cc(OC)c(OC)cc1/C=C/C(=O)NCCc1cccc(F)c1. The van der Waals surface area contributed by atoms with Crippen LogP contribution in [0.5, 0.6) is 17.2 Å². The third-order valence-corrected chi connectivity index (χ3v) is 3.75. The van der Waals surface area contributed by atoms with Crippen molar-refractivity contribution < 1.29 is 23.4 Å². The first-order valence-corrected chi connectivity index (χ1v) is 8.07. The summed E-state index contributed by atoms with van der Waals surface area (Å²) in [7, 11) is 4.62. The smallest absolute Gasteiger partial charge is 0.244 e. The minimum atomic E-state index is -0.283. The van der Waals surface area contributed by atoms with Gasteiger partial charge in [-0.1, -0.05) is 12.1 Å². The van der Waals surface area contributed by atoms with Crippen molar-refractivity contribution >= 4 is 12.0 Å². The van der Waals surface area contributed by atoms with Gasteiger partial charge in [0, 0.05) is 24.3 Å². The summed E-state index contributed by atoms with van der Waals surface area (Å²) in [6, 6.07) is 9.74. The van der Waals surface area contributed by atoms with Crippen molar-refractivity contribution in [1.29, 1.82) is 0 Å². The number of hydrogen-bond donors (Lipinski definition) is 1. The minimum Gasteiger partial charge on any atom is -0.496 e. The van der Waals surface area contributed by atoms with Gasteiger partial charge in [0.1, 0.15) is 11.6 Å². The van der Waals surface area contributed by atoms with E-state index >= 15 is 0 Å². The van der Waals surface area contributed by atoms with Gasteiger partial charge in [0.15, 0.2) is 11.5 Å². The summed E-state index contributed by atoms with van der Waals surface area (Å²) in [5.41, 5.74) is 1.52. The number of carbonyl (C=O) groups excluding carboxylic acids is 1. The van der Waals surface area contributed by atoms with Crippen LogP contribution >= 0.6 is 0 Å². The normalized spacial score (nSPS) is 10.6. The minimum absolute atomic E-state index is 0.252. The Kier molecular flexibility index (Phi) is 7.02. The van der Waals surface area contributed by atoms with Crippen LogP contribution in [0.3, 0.4) is 0 Å². The molecule has 0 aromatic heterocycles. The largest absolute Gasteiger partial charge is 0.496 e. The fraction of sp³-hybridized carbons (Fsp3) is 0.250. The van der Waals surface area contributed by atoms with Crippen molar-refractivity contribution in [2.45, 2.75) is 6.42 Å². The van der Waals surface area contributed by atoms with E-state index in [2.05, 4.69) is 5.32 Å². The maximum absolute atomic E-state index is 13.1. The highest BCUT2D eigenvalue weighted by Gasteiger charge is 2.10. The average molecular weight is 359 g/mol. The van der Waals surface area contributed by atoms with Gasteiger partial charge in [-0.15, -0.1) is 0 Å². The van der Waals surface area contributed by atoms with Crippen molar-refractivity contribution in [2.75, 3.05) is 27.9 Å². The third-order valence-electron chi connectivity index (χ3n) is 3.75.